The standard InChI is InChI=1S/C17H11BrClFN4O3/c18-11-6-9(3-4-12(11)20)7-13(22-26)16-14(23-27-24-16)8-15(25)10-2-1-5-21-17(10)19/h1-6,26H,7-8H2. The number of rotatable bonds is 6. The second kappa shape index (κ2) is 8.36. The van der Waals surface area contributed by atoms with Gasteiger partial charge in [0.05, 0.1) is 16.5 Å². The van der Waals surface area contributed by atoms with Crippen LogP contribution in [-0.2, 0) is 12.8 Å². The second-order valence-electron chi connectivity index (χ2n) is 5.47. The zero-order valence-electron chi connectivity index (χ0n) is 13.6. The van der Waals surface area contributed by atoms with Crippen LogP contribution in [0.3, 0.4) is 0 Å². The van der Waals surface area contributed by atoms with E-state index in [1.165, 1.54) is 12.3 Å². The van der Waals surface area contributed by atoms with Gasteiger partial charge in [0.15, 0.2) is 11.5 Å². The average Bonchev–Trinajstić information content (AvgIpc) is 3.10. The lowest BCUT2D eigenvalue weighted by molar-refractivity contribution is 0.0990. The van der Waals surface area contributed by atoms with Crippen LogP contribution in [0.2, 0.25) is 5.15 Å². The molecule has 0 fully saturated rings. The molecule has 1 aromatic carbocycles. The molecule has 0 spiro atoms. The molecule has 0 unspecified atom stereocenters. The van der Waals surface area contributed by atoms with Crippen LogP contribution in [0.1, 0.15) is 27.3 Å². The summed E-state index contributed by atoms with van der Waals surface area (Å²) in [6, 6.07) is 7.51. The van der Waals surface area contributed by atoms with Crippen molar-refractivity contribution in [1.29, 1.82) is 0 Å². The summed E-state index contributed by atoms with van der Waals surface area (Å²) >= 11 is 9.03. The van der Waals surface area contributed by atoms with E-state index in [-0.39, 0.29) is 50.9 Å². The maximum atomic E-state index is 13.4. The Labute approximate surface area is 166 Å². The topological polar surface area (TPSA) is 101 Å². The first-order chi connectivity index (χ1) is 13.0. The monoisotopic (exact) mass is 452 g/mol. The van der Waals surface area contributed by atoms with Crippen LogP contribution in [0.5, 0.6) is 0 Å². The smallest absolute Gasteiger partial charge is 0.172 e. The van der Waals surface area contributed by atoms with Crippen molar-refractivity contribution in [3.8, 4) is 0 Å². The minimum absolute atomic E-state index is 0.0766. The largest absolute Gasteiger partial charge is 0.411 e. The molecule has 2 aromatic heterocycles. The van der Waals surface area contributed by atoms with Crippen LogP contribution in [0.4, 0.5) is 4.39 Å². The molecule has 3 aromatic rings. The van der Waals surface area contributed by atoms with Gasteiger partial charge in [-0.15, -0.1) is 0 Å². The summed E-state index contributed by atoms with van der Waals surface area (Å²) in [5.41, 5.74) is 1.33. The van der Waals surface area contributed by atoms with E-state index in [0.29, 0.717) is 5.56 Å². The Morgan fingerprint density at radius 3 is 2.81 bits per heavy atom. The molecule has 0 amide bonds. The molecule has 0 aliphatic heterocycles. The lowest BCUT2D eigenvalue weighted by Crippen LogP contribution is -2.13. The molecule has 2 heterocycles. The van der Waals surface area contributed by atoms with Gasteiger partial charge in [0.1, 0.15) is 22.4 Å². The first-order valence-corrected chi connectivity index (χ1v) is 8.77. The normalized spacial score (nSPS) is 11.6. The Morgan fingerprint density at radius 2 is 2.11 bits per heavy atom. The van der Waals surface area contributed by atoms with Gasteiger partial charge in [0.25, 0.3) is 0 Å². The highest BCUT2D eigenvalue weighted by Gasteiger charge is 2.22. The first-order valence-electron chi connectivity index (χ1n) is 7.60. The Hall–Kier alpha value is -2.65. The van der Waals surface area contributed by atoms with Crippen LogP contribution in [0, 0.1) is 5.82 Å². The van der Waals surface area contributed by atoms with Crippen LogP contribution in [-0.4, -0.2) is 32.0 Å². The van der Waals surface area contributed by atoms with Crippen LogP contribution < -0.4 is 0 Å². The van der Waals surface area contributed by atoms with E-state index >= 15 is 0 Å². The lowest BCUT2D eigenvalue weighted by atomic mass is 10.0. The van der Waals surface area contributed by atoms with E-state index in [9.17, 15) is 14.4 Å². The van der Waals surface area contributed by atoms with Crippen LogP contribution in [0.15, 0.2) is 50.8 Å². The molecule has 27 heavy (non-hydrogen) atoms. The summed E-state index contributed by atoms with van der Waals surface area (Å²) in [7, 11) is 0. The fourth-order valence-electron chi connectivity index (χ4n) is 2.39. The minimum Gasteiger partial charge on any atom is -0.411 e. The lowest BCUT2D eigenvalue weighted by Gasteiger charge is -2.05. The van der Waals surface area contributed by atoms with Gasteiger partial charge in [0.2, 0.25) is 0 Å². The molecule has 0 atom stereocenters. The van der Waals surface area contributed by atoms with Crippen molar-refractivity contribution in [3.63, 3.8) is 0 Å². The molecule has 0 saturated heterocycles. The highest BCUT2D eigenvalue weighted by atomic mass is 79.9. The number of oxime groups is 1. The number of pyridine rings is 1. The van der Waals surface area contributed by atoms with Gasteiger partial charge in [-0.25, -0.2) is 14.0 Å². The van der Waals surface area contributed by atoms with Crippen molar-refractivity contribution in [2.75, 3.05) is 0 Å². The molecule has 0 aliphatic carbocycles. The number of aromatic nitrogens is 3. The number of carbonyl (C=O) groups is 1. The molecule has 0 radical (unpaired) electrons. The van der Waals surface area contributed by atoms with E-state index < -0.39 is 5.82 Å². The molecule has 138 valence electrons. The quantitative estimate of drug-likeness (QED) is 0.200. The molecule has 0 aliphatic rings. The number of nitrogens with zero attached hydrogens (tertiary/aromatic N) is 4. The fourth-order valence-corrected chi connectivity index (χ4v) is 3.04. The van der Waals surface area contributed by atoms with Crippen molar-refractivity contribution in [1.82, 2.24) is 15.3 Å². The third-order valence-electron chi connectivity index (χ3n) is 3.69. The molecule has 3 rings (SSSR count). The zero-order valence-corrected chi connectivity index (χ0v) is 15.9. The van der Waals surface area contributed by atoms with Gasteiger partial charge in [-0.1, -0.05) is 28.0 Å². The molecular formula is C17H11BrClFN4O3. The predicted molar refractivity (Wildman–Crippen MR) is 97.7 cm³/mol. The second-order valence-corrected chi connectivity index (χ2v) is 6.69. The number of ketones is 1. The number of hydrogen-bond acceptors (Lipinski definition) is 7. The maximum absolute atomic E-state index is 13.4. The van der Waals surface area contributed by atoms with Gasteiger partial charge in [-0.2, -0.15) is 0 Å². The minimum atomic E-state index is -0.413. The molecule has 10 heteroatoms. The molecule has 0 bridgehead atoms. The Morgan fingerprint density at radius 1 is 1.30 bits per heavy atom. The molecule has 7 nitrogen and oxygen atoms in total. The van der Waals surface area contributed by atoms with Crippen LogP contribution >= 0.6 is 27.5 Å². The van der Waals surface area contributed by atoms with Gasteiger partial charge >= 0.3 is 0 Å². The predicted octanol–water partition coefficient (Wildman–Crippen LogP) is 3.87. The summed E-state index contributed by atoms with van der Waals surface area (Å²) in [4.78, 5) is 16.3. The third kappa shape index (κ3) is 4.37. The molecule has 1 N–H and O–H groups in total. The highest BCUT2D eigenvalue weighted by Crippen LogP contribution is 2.20. The zero-order chi connectivity index (χ0) is 19.4. The summed E-state index contributed by atoms with van der Waals surface area (Å²) in [5.74, 6) is -0.754. The Kier molecular flexibility index (Phi) is 5.92. The van der Waals surface area contributed by atoms with Crippen molar-refractivity contribution in [3.05, 3.63) is 74.5 Å². The van der Waals surface area contributed by atoms with Crippen LogP contribution in [0.25, 0.3) is 0 Å². The number of benzene rings is 1. The van der Waals surface area contributed by atoms with Gasteiger partial charge in [0, 0.05) is 12.6 Å². The molecular weight excluding hydrogens is 443 g/mol. The fraction of sp³-hybridized carbons (Fsp3) is 0.118. The number of Topliss-reactive ketones (excluding diaryl/α,β-unsaturated/α-hetero) is 1. The first kappa shape index (κ1) is 19.1. The van der Waals surface area contributed by atoms with Gasteiger partial charge < -0.3 is 5.21 Å². The Bertz CT molecular complexity index is 1020. The van der Waals surface area contributed by atoms with E-state index in [2.05, 4.69) is 36.4 Å². The number of halogens is 3. The van der Waals surface area contributed by atoms with E-state index in [1.807, 2.05) is 0 Å². The SMILES string of the molecule is O=C(Cc1nonc1C(Cc1ccc(F)c(Br)c1)=NO)c1cccnc1Cl. The van der Waals surface area contributed by atoms with Gasteiger partial charge in [-0.3, -0.25) is 4.79 Å². The van der Waals surface area contributed by atoms with Gasteiger partial charge in [-0.05, 0) is 50.9 Å². The Balaban J connectivity index is 1.83. The van der Waals surface area contributed by atoms with Crippen molar-refractivity contribution >= 4 is 39.0 Å². The highest BCUT2D eigenvalue weighted by molar-refractivity contribution is 9.10. The summed E-state index contributed by atoms with van der Waals surface area (Å²) in [6.07, 6.45) is 1.42. The third-order valence-corrected chi connectivity index (χ3v) is 4.60. The summed E-state index contributed by atoms with van der Waals surface area (Å²) in [5, 5.41) is 20.1. The molecule has 0 saturated carbocycles. The van der Waals surface area contributed by atoms with E-state index in [1.54, 1.807) is 24.3 Å². The number of carbonyl (C=O) groups excluding carboxylic acids is 1. The van der Waals surface area contributed by atoms with Crippen molar-refractivity contribution < 1.29 is 19.0 Å². The maximum Gasteiger partial charge on any atom is 0.172 e. The average molecular weight is 454 g/mol. The van der Waals surface area contributed by atoms with E-state index in [4.69, 9.17) is 16.2 Å². The van der Waals surface area contributed by atoms with Crippen molar-refractivity contribution in [2.45, 2.75) is 12.8 Å². The summed E-state index contributed by atoms with van der Waals surface area (Å²) < 4.78 is 18.4. The number of hydrogen-bond donors (Lipinski definition) is 1. The van der Waals surface area contributed by atoms with E-state index in [0.717, 1.165) is 0 Å². The van der Waals surface area contributed by atoms with Crippen molar-refractivity contribution in [2.24, 2.45) is 5.16 Å². The summed E-state index contributed by atoms with van der Waals surface area (Å²) in [6.45, 7) is 0.